The first-order valence-electron chi connectivity index (χ1n) is 7.30. The molecule has 0 aromatic rings. The van der Waals surface area contributed by atoms with E-state index in [1.807, 2.05) is 0 Å². The van der Waals surface area contributed by atoms with Gasteiger partial charge in [-0.2, -0.15) is 0 Å². The number of piperazine rings is 1. The minimum absolute atomic E-state index is 0.599. The zero-order chi connectivity index (χ0) is 12.1. The Balaban J connectivity index is 1.54. The van der Waals surface area contributed by atoms with Crippen LogP contribution in [-0.2, 0) is 0 Å². The van der Waals surface area contributed by atoms with Crippen molar-refractivity contribution in [2.75, 3.05) is 52.9 Å². The molecule has 3 heteroatoms. The summed E-state index contributed by atoms with van der Waals surface area (Å²) in [6, 6.07) is 0. The lowest BCUT2D eigenvalue weighted by Crippen LogP contribution is -2.47. The summed E-state index contributed by atoms with van der Waals surface area (Å²) in [4.78, 5) is 5.01. The molecule has 0 aromatic heterocycles. The molecular formula is C14H29N3. The Morgan fingerprint density at radius 3 is 2.35 bits per heavy atom. The maximum absolute atomic E-state index is 3.67. The fraction of sp³-hybridized carbons (Fsp3) is 1.00. The molecule has 0 amide bonds. The van der Waals surface area contributed by atoms with E-state index in [4.69, 9.17) is 0 Å². The van der Waals surface area contributed by atoms with Crippen molar-refractivity contribution in [2.45, 2.75) is 32.6 Å². The van der Waals surface area contributed by atoms with Crippen molar-refractivity contribution in [3.8, 4) is 0 Å². The Labute approximate surface area is 107 Å². The van der Waals surface area contributed by atoms with Crippen LogP contribution in [0, 0.1) is 5.41 Å². The van der Waals surface area contributed by atoms with Gasteiger partial charge in [0.2, 0.25) is 0 Å². The maximum Gasteiger partial charge on any atom is 0.0110 e. The van der Waals surface area contributed by atoms with Gasteiger partial charge in [-0.3, -0.25) is 4.90 Å². The molecule has 100 valence electrons. The van der Waals surface area contributed by atoms with Crippen LogP contribution in [0.5, 0.6) is 0 Å². The van der Waals surface area contributed by atoms with Gasteiger partial charge in [-0.1, -0.05) is 19.8 Å². The summed E-state index contributed by atoms with van der Waals surface area (Å²) >= 11 is 0. The molecule has 0 radical (unpaired) electrons. The van der Waals surface area contributed by atoms with Gasteiger partial charge in [0.15, 0.2) is 0 Å². The van der Waals surface area contributed by atoms with Crippen molar-refractivity contribution in [3.63, 3.8) is 0 Å². The van der Waals surface area contributed by atoms with Crippen molar-refractivity contribution < 1.29 is 0 Å². The van der Waals surface area contributed by atoms with Crippen LogP contribution in [0.25, 0.3) is 0 Å². The van der Waals surface area contributed by atoms with E-state index in [1.165, 1.54) is 71.5 Å². The molecule has 0 aromatic carbocycles. The standard InChI is InChI=1S/C14H29N3/c1-14(5-3-4-6-14)13-15-7-8-17-11-9-16(2)10-12-17/h15H,3-13H2,1-2H3. The highest BCUT2D eigenvalue weighted by molar-refractivity contribution is 4.82. The Morgan fingerprint density at radius 1 is 1.06 bits per heavy atom. The Hall–Kier alpha value is -0.120. The quantitative estimate of drug-likeness (QED) is 0.732. The molecule has 0 unspecified atom stereocenters. The smallest absolute Gasteiger partial charge is 0.0110 e. The number of nitrogens with one attached hydrogen (secondary N) is 1. The van der Waals surface area contributed by atoms with Gasteiger partial charge < -0.3 is 10.2 Å². The van der Waals surface area contributed by atoms with E-state index in [2.05, 4.69) is 29.1 Å². The lowest BCUT2D eigenvalue weighted by molar-refractivity contribution is 0.153. The molecule has 1 heterocycles. The second-order valence-corrected chi connectivity index (χ2v) is 6.34. The first kappa shape index (κ1) is 13.3. The van der Waals surface area contributed by atoms with Gasteiger partial charge in [-0.05, 0) is 25.3 Å². The zero-order valence-corrected chi connectivity index (χ0v) is 11.7. The van der Waals surface area contributed by atoms with Crippen LogP contribution in [-0.4, -0.2) is 62.7 Å². The fourth-order valence-electron chi connectivity index (χ4n) is 3.10. The van der Waals surface area contributed by atoms with Crippen molar-refractivity contribution >= 4 is 0 Å². The van der Waals surface area contributed by atoms with Crippen LogP contribution in [0.1, 0.15) is 32.6 Å². The molecule has 2 fully saturated rings. The van der Waals surface area contributed by atoms with Crippen molar-refractivity contribution in [2.24, 2.45) is 5.41 Å². The molecule has 3 nitrogen and oxygen atoms in total. The summed E-state index contributed by atoms with van der Waals surface area (Å²) in [6.07, 6.45) is 5.73. The van der Waals surface area contributed by atoms with Crippen LogP contribution >= 0.6 is 0 Å². The SMILES string of the molecule is CN1CCN(CCNCC2(C)CCCC2)CC1. The molecule has 0 bridgehead atoms. The summed E-state index contributed by atoms with van der Waals surface area (Å²) in [5.74, 6) is 0. The number of hydrogen-bond acceptors (Lipinski definition) is 3. The molecule has 2 rings (SSSR count). The number of likely N-dealkylation sites (N-methyl/N-ethyl adjacent to an activating group) is 1. The van der Waals surface area contributed by atoms with Crippen molar-refractivity contribution in [1.29, 1.82) is 0 Å². The van der Waals surface area contributed by atoms with Crippen LogP contribution in [0.15, 0.2) is 0 Å². The molecule has 0 atom stereocenters. The average Bonchev–Trinajstić information content (AvgIpc) is 2.74. The summed E-state index contributed by atoms with van der Waals surface area (Å²) in [5.41, 5.74) is 0.599. The van der Waals surface area contributed by atoms with Gasteiger partial charge in [0.25, 0.3) is 0 Å². The van der Waals surface area contributed by atoms with Gasteiger partial charge in [-0.25, -0.2) is 0 Å². The lowest BCUT2D eigenvalue weighted by atomic mass is 9.89. The topological polar surface area (TPSA) is 18.5 Å². The normalized spacial score (nSPS) is 26.5. The summed E-state index contributed by atoms with van der Waals surface area (Å²) in [5, 5.41) is 3.67. The predicted molar refractivity (Wildman–Crippen MR) is 73.4 cm³/mol. The first-order chi connectivity index (χ1) is 8.18. The molecule has 1 N–H and O–H groups in total. The fourth-order valence-corrected chi connectivity index (χ4v) is 3.10. The Bertz CT molecular complexity index is 216. The summed E-state index contributed by atoms with van der Waals surface area (Å²) in [6.45, 7) is 11.0. The van der Waals surface area contributed by atoms with Gasteiger partial charge in [0, 0.05) is 45.8 Å². The average molecular weight is 239 g/mol. The van der Waals surface area contributed by atoms with Crippen LogP contribution in [0.2, 0.25) is 0 Å². The highest BCUT2D eigenvalue weighted by atomic mass is 15.2. The molecular weight excluding hydrogens is 210 g/mol. The number of hydrogen-bond donors (Lipinski definition) is 1. The van der Waals surface area contributed by atoms with Gasteiger partial charge in [0.05, 0.1) is 0 Å². The molecule has 1 aliphatic heterocycles. The van der Waals surface area contributed by atoms with Crippen molar-refractivity contribution in [1.82, 2.24) is 15.1 Å². The molecule has 1 saturated heterocycles. The largest absolute Gasteiger partial charge is 0.315 e. The zero-order valence-electron chi connectivity index (χ0n) is 11.7. The van der Waals surface area contributed by atoms with Crippen LogP contribution in [0.4, 0.5) is 0 Å². The van der Waals surface area contributed by atoms with Crippen molar-refractivity contribution in [3.05, 3.63) is 0 Å². The van der Waals surface area contributed by atoms with E-state index in [1.54, 1.807) is 0 Å². The van der Waals surface area contributed by atoms with Gasteiger partial charge >= 0.3 is 0 Å². The van der Waals surface area contributed by atoms with E-state index in [-0.39, 0.29) is 0 Å². The third-order valence-electron chi connectivity index (χ3n) is 4.56. The van der Waals surface area contributed by atoms with Gasteiger partial charge in [0.1, 0.15) is 0 Å². The summed E-state index contributed by atoms with van der Waals surface area (Å²) < 4.78 is 0. The maximum atomic E-state index is 3.67. The third-order valence-corrected chi connectivity index (χ3v) is 4.56. The second-order valence-electron chi connectivity index (χ2n) is 6.34. The van der Waals surface area contributed by atoms with Crippen LogP contribution in [0.3, 0.4) is 0 Å². The van der Waals surface area contributed by atoms with E-state index >= 15 is 0 Å². The van der Waals surface area contributed by atoms with E-state index in [0.29, 0.717) is 5.41 Å². The van der Waals surface area contributed by atoms with E-state index < -0.39 is 0 Å². The Morgan fingerprint density at radius 2 is 1.71 bits per heavy atom. The van der Waals surface area contributed by atoms with Crippen LogP contribution < -0.4 is 5.32 Å². The molecule has 2 aliphatic rings. The molecule has 17 heavy (non-hydrogen) atoms. The lowest BCUT2D eigenvalue weighted by Gasteiger charge is -2.32. The Kier molecular flexibility index (Phi) is 4.83. The highest BCUT2D eigenvalue weighted by Gasteiger charge is 2.27. The molecule has 1 aliphatic carbocycles. The minimum Gasteiger partial charge on any atom is -0.315 e. The van der Waals surface area contributed by atoms with E-state index in [9.17, 15) is 0 Å². The minimum atomic E-state index is 0.599. The third kappa shape index (κ3) is 4.23. The van der Waals surface area contributed by atoms with Gasteiger partial charge in [-0.15, -0.1) is 0 Å². The highest BCUT2D eigenvalue weighted by Crippen LogP contribution is 2.36. The second kappa shape index (κ2) is 6.17. The number of nitrogens with zero attached hydrogens (tertiary/aromatic N) is 2. The molecule has 1 saturated carbocycles. The number of rotatable bonds is 5. The van der Waals surface area contributed by atoms with E-state index in [0.717, 1.165) is 0 Å². The molecule has 0 spiro atoms. The monoisotopic (exact) mass is 239 g/mol. The first-order valence-corrected chi connectivity index (χ1v) is 7.30. The predicted octanol–water partition coefficient (Wildman–Crippen LogP) is 1.40. The summed E-state index contributed by atoms with van der Waals surface area (Å²) in [7, 11) is 2.22.